The van der Waals surface area contributed by atoms with E-state index in [1.807, 2.05) is 18.4 Å². The van der Waals surface area contributed by atoms with E-state index in [2.05, 4.69) is 11.0 Å². The van der Waals surface area contributed by atoms with Crippen molar-refractivity contribution in [2.75, 3.05) is 32.7 Å². The highest BCUT2D eigenvalue weighted by molar-refractivity contribution is 7.10. The molecular formula is C27H27FN4O4S. The smallest absolute Gasteiger partial charge is 0.269 e. The maximum absolute atomic E-state index is 14.1. The first-order valence-electron chi connectivity index (χ1n) is 12.2. The SMILES string of the molecule is C[C@@H]1CN(C(=O)CN2CCc3sccc3[C@H]2c2cccc(F)c2)CCN1C(=O)c1ccc([N+](=O)[O-])cc1. The summed E-state index contributed by atoms with van der Waals surface area (Å²) in [5, 5.41) is 12.9. The standard InChI is InChI=1S/C27H27FN4O4S/c1-18-16-29(12-13-31(18)27(34)19-5-7-22(8-6-19)32(35)36)25(33)17-30-11-9-24-23(10-14-37-24)26(30)20-3-2-4-21(28)15-20/h2-8,10,14-15,18,26H,9,11-13,16-17H2,1H3/t18-,26-/m1/s1. The maximum atomic E-state index is 14.1. The fourth-order valence-electron chi connectivity index (χ4n) is 5.26. The number of hydrogen-bond acceptors (Lipinski definition) is 6. The number of fused-ring (bicyclic) bond motifs is 1. The van der Waals surface area contributed by atoms with Gasteiger partial charge in [0.05, 0.1) is 17.5 Å². The van der Waals surface area contributed by atoms with Crippen molar-refractivity contribution in [3.63, 3.8) is 0 Å². The van der Waals surface area contributed by atoms with Crippen LogP contribution in [0.4, 0.5) is 10.1 Å². The van der Waals surface area contributed by atoms with Gasteiger partial charge in [-0.2, -0.15) is 0 Å². The summed E-state index contributed by atoms with van der Waals surface area (Å²) in [5.74, 6) is -0.523. The molecule has 5 rings (SSSR count). The van der Waals surface area contributed by atoms with Crippen LogP contribution in [0, 0.1) is 15.9 Å². The number of benzene rings is 2. The summed E-state index contributed by atoms with van der Waals surface area (Å²) in [6.07, 6.45) is 0.847. The van der Waals surface area contributed by atoms with Crippen molar-refractivity contribution in [3.05, 3.63) is 97.5 Å². The average Bonchev–Trinajstić information content (AvgIpc) is 3.37. The monoisotopic (exact) mass is 522 g/mol. The molecule has 8 nitrogen and oxygen atoms in total. The molecule has 1 aromatic heterocycles. The second-order valence-corrected chi connectivity index (χ2v) is 10.5. The zero-order chi connectivity index (χ0) is 26.1. The lowest BCUT2D eigenvalue weighted by molar-refractivity contribution is -0.384. The summed E-state index contributed by atoms with van der Waals surface area (Å²) in [6.45, 7) is 4.00. The first kappa shape index (κ1) is 25.0. The van der Waals surface area contributed by atoms with E-state index in [0.29, 0.717) is 31.7 Å². The van der Waals surface area contributed by atoms with Crippen molar-refractivity contribution < 1.29 is 18.9 Å². The highest BCUT2D eigenvalue weighted by Gasteiger charge is 2.35. The fourth-order valence-corrected chi connectivity index (χ4v) is 6.16. The minimum Gasteiger partial charge on any atom is -0.338 e. The normalized spacial score (nSPS) is 19.9. The summed E-state index contributed by atoms with van der Waals surface area (Å²) in [7, 11) is 0. The molecular weight excluding hydrogens is 495 g/mol. The molecule has 10 heteroatoms. The lowest BCUT2D eigenvalue weighted by Crippen LogP contribution is -2.57. The van der Waals surface area contributed by atoms with Crippen molar-refractivity contribution >= 4 is 28.8 Å². The van der Waals surface area contributed by atoms with Gasteiger partial charge in [-0.25, -0.2) is 4.39 Å². The van der Waals surface area contributed by atoms with Gasteiger partial charge in [0, 0.05) is 54.8 Å². The number of carbonyl (C=O) groups excluding carboxylic acids is 2. The number of thiophene rings is 1. The lowest BCUT2D eigenvalue weighted by Gasteiger charge is -2.42. The van der Waals surface area contributed by atoms with Gasteiger partial charge in [-0.05, 0) is 60.2 Å². The molecule has 2 atom stereocenters. The van der Waals surface area contributed by atoms with E-state index in [1.165, 1.54) is 35.2 Å². The Morgan fingerprint density at radius 1 is 1.11 bits per heavy atom. The average molecular weight is 523 g/mol. The molecule has 2 aromatic carbocycles. The molecule has 2 aliphatic rings. The van der Waals surface area contributed by atoms with E-state index in [0.717, 1.165) is 17.5 Å². The van der Waals surface area contributed by atoms with Gasteiger partial charge in [0.1, 0.15) is 5.82 Å². The molecule has 0 saturated carbocycles. The molecule has 192 valence electrons. The van der Waals surface area contributed by atoms with E-state index in [9.17, 15) is 24.1 Å². The highest BCUT2D eigenvalue weighted by atomic mass is 32.1. The molecule has 0 radical (unpaired) electrons. The summed E-state index contributed by atoms with van der Waals surface area (Å²) in [4.78, 5) is 43.7. The number of non-ortho nitro benzene ring substituents is 1. The van der Waals surface area contributed by atoms with E-state index in [4.69, 9.17) is 0 Å². The van der Waals surface area contributed by atoms with Gasteiger partial charge in [-0.1, -0.05) is 12.1 Å². The minimum atomic E-state index is -0.498. The second-order valence-electron chi connectivity index (χ2n) is 9.47. The number of nitrogens with zero attached hydrogens (tertiary/aromatic N) is 4. The molecule has 3 aromatic rings. The van der Waals surface area contributed by atoms with Crippen LogP contribution in [0.2, 0.25) is 0 Å². The highest BCUT2D eigenvalue weighted by Crippen LogP contribution is 2.37. The number of halogens is 1. The zero-order valence-electron chi connectivity index (χ0n) is 20.4. The Kier molecular flexibility index (Phi) is 7.03. The van der Waals surface area contributed by atoms with Crippen molar-refractivity contribution in [1.82, 2.24) is 14.7 Å². The molecule has 1 fully saturated rings. The molecule has 0 aliphatic carbocycles. The van der Waals surface area contributed by atoms with Gasteiger partial charge in [0.15, 0.2) is 0 Å². The van der Waals surface area contributed by atoms with Crippen LogP contribution in [0.5, 0.6) is 0 Å². The molecule has 0 N–H and O–H groups in total. The van der Waals surface area contributed by atoms with Gasteiger partial charge in [-0.15, -0.1) is 11.3 Å². The van der Waals surface area contributed by atoms with Crippen LogP contribution in [0.15, 0.2) is 60.0 Å². The third-order valence-corrected chi connectivity index (χ3v) is 8.13. The Bertz CT molecular complexity index is 1330. The topological polar surface area (TPSA) is 87.0 Å². The van der Waals surface area contributed by atoms with Gasteiger partial charge in [0.25, 0.3) is 11.6 Å². The zero-order valence-corrected chi connectivity index (χ0v) is 21.2. The molecule has 0 spiro atoms. The van der Waals surface area contributed by atoms with Crippen LogP contribution in [0.1, 0.15) is 39.3 Å². The molecule has 1 saturated heterocycles. The van der Waals surface area contributed by atoms with E-state index in [1.54, 1.807) is 33.3 Å². The van der Waals surface area contributed by atoms with Crippen LogP contribution in [0.25, 0.3) is 0 Å². The van der Waals surface area contributed by atoms with Gasteiger partial charge in [-0.3, -0.25) is 24.6 Å². The number of carbonyl (C=O) groups is 2. The number of amides is 2. The van der Waals surface area contributed by atoms with Gasteiger partial charge >= 0.3 is 0 Å². The largest absolute Gasteiger partial charge is 0.338 e. The fraction of sp³-hybridized carbons (Fsp3) is 0.333. The summed E-state index contributed by atoms with van der Waals surface area (Å²) < 4.78 is 14.1. The number of piperazine rings is 1. The summed E-state index contributed by atoms with van der Waals surface area (Å²) in [6, 6.07) is 13.8. The number of hydrogen-bond donors (Lipinski definition) is 0. The number of rotatable bonds is 5. The summed E-state index contributed by atoms with van der Waals surface area (Å²) >= 11 is 1.69. The van der Waals surface area contributed by atoms with Crippen LogP contribution >= 0.6 is 11.3 Å². The van der Waals surface area contributed by atoms with E-state index >= 15 is 0 Å². The van der Waals surface area contributed by atoms with E-state index < -0.39 is 4.92 Å². The van der Waals surface area contributed by atoms with Crippen LogP contribution in [0.3, 0.4) is 0 Å². The number of nitro benzene ring substituents is 1. The Morgan fingerprint density at radius 2 is 1.89 bits per heavy atom. The van der Waals surface area contributed by atoms with Gasteiger partial charge < -0.3 is 9.80 Å². The molecule has 37 heavy (non-hydrogen) atoms. The predicted molar refractivity (Wildman–Crippen MR) is 138 cm³/mol. The Hall–Kier alpha value is -3.63. The van der Waals surface area contributed by atoms with E-state index in [-0.39, 0.29) is 41.9 Å². The second kappa shape index (κ2) is 10.4. The third kappa shape index (κ3) is 5.12. The molecule has 2 aliphatic heterocycles. The maximum Gasteiger partial charge on any atom is 0.269 e. The van der Waals surface area contributed by atoms with Crippen molar-refractivity contribution in [3.8, 4) is 0 Å². The number of nitro groups is 1. The lowest BCUT2D eigenvalue weighted by atomic mass is 9.93. The first-order valence-corrected chi connectivity index (χ1v) is 13.1. The first-order chi connectivity index (χ1) is 17.8. The molecule has 0 bridgehead atoms. The van der Waals surface area contributed by atoms with Crippen molar-refractivity contribution in [2.45, 2.75) is 25.4 Å². The summed E-state index contributed by atoms with van der Waals surface area (Å²) in [5.41, 5.74) is 2.28. The molecule has 3 heterocycles. The van der Waals surface area contributed by atoms with Crippen LogP contribution < -0.4 is 0 Å². The Labute approximate surface area is 218 Å². The van der Waals surface area contributed by atoms with Crippen LogP contribution in [-0.4, -0.2) is 70.2 Å². The van der Waals surface area contributed by atoms with Gasteiger partial charge in [0.2, 0.25) is 5.91 Å². The third-order valence-electron chi connectivity index (χ3n) is 7.13. The minimum absolute atomic E-state index is 0.0191. The molecule has 0 unspecified atom stereocenters. The molecule has 2 amide bonds. The predicted octanol–water partition coefficient (Wildman–Crippen LogP) is 4.12. The van der Waals surface area contributed by atoms with Crippen molar-refractivity contribution in [1.29, 1.82) is 0 Å². The van der Waals surface area contributed by atoms with Crippen LogP contribution in [-0.2, 0) is 11.2 Å². The Balaban J connectivity index is 1.26. The quantitative estimate of drug-likeness (QED) is 0.372. The Morgan fingerprint density at radius 3 is 2.59 bits per heavy atom. The van der Waals surface area contributed by atoms with Crippen molar-refractivity contribution in [2.24, 2.45) is 0 Å².